The minimum absolute atomic E-state index is 0.0585. The Balaban J connectivity index is 1.73. The summed E-state index contributed by atoms with van der Waals surface area (Å²) in [6.07, 6.45) is 3.96. The smallest absolute Gasteiger partial charge is 0.138 e. The van der Waals surface area contributed by atoms with E-state index in [1.54, 1.807) is 0 Å². The second-order valence-electron chi connectivity index (χ2n) is 4.87. The first-order chi connectivity index (χ1) is 10.3. The van der Waals surface area contributed by atoms with Crippen LogP contribution in [0.25, 0.3) is 5.65 Å². The van der Waals surface area contributed by atoms with Crippen molar-refractivity contribution in [1.29, 1.82) is 0 Å². The molecular weight excluding hydrogens is 330 g/mol. The van der Waals surface area contributed by atoms with Gasteiger partial charge in [0.15, 0.2) is 0 Å². The molecule has 0 unspecified atom stereocenters. The Hall–Kier alpha value is -1.69. The van der Waals surface area contributed by atoms with Crippen LogP contribution in [-0.2, 0) is 6.54 Å². The summed E-state index contributed by atoms with van der Waals surface area (Å²) in [4.78, 5) is 4.56. The average Bonchev–Trinajstić information content (AvgIpc) is 2.91. The van der Waals surface area contributed by atoms with Crippen LogP contribution in [0.15, 0.2) is 59.3 Å². The summed E-state index contributed by atoms with van der Waals surface area (Å²) in [7, 11) is 0. The zero-order chi connectivity index (χ0) is 14.7. The second-order valence-corrected chi connectivity index (χ2v) is 5.79. The van der Waals surface area contributed by atoms with Crippen LogP contribution in [0.5, 0.6) is 0 Å². The van der Waals surface area contributed by atoms with Gasteiger partial charge in [0.1, 0.15) is 5.65 Å². The Bertz CT molecular complexity index is 727. The van der Waals surface area contributed by atoms with Crippen molar-refractivity contribution in [2.45, 2.75) is 12.6 Å². The van der Waals surface area contributed by atoms with Gasteiger partial charge < -0.3 is 14.8 Å². The van der Waals surface area contributed by atoms with Crippen LogP contribution in [0.4, 0.5) is 0 Å². The Kier molecular flexibility index (Phi) is 4.34. The molecule has 2 N–H and O–H groups in total. The third kappa shape index (κ3) is 3.32. The van der Waals surface area contributed by atoms with Crippen LogP contribution in [0.1, 0.15) is 17.3 Å². The maximum atomic E-state index is 9.54. The van der Waals surface area contributed by atoms with Crippen LogP contribution in [0, 0.1) is 0 Å². The predicted molar refractivity (Wildman–Crippen MR) is 86.0 cm³/mol. The molecule has 1 atom stereocenters. The van der Waals surface area contributed by atoms with E-state index in [2.05, 4.69) is 26.2 Å². The van der Waals surface area contributed by atoms with Crippen LogP contribution >= 0.6 is 15.9 Å². The minimum Gasteiger partial charge on any atom is -0.394 e. The Labute approximate surface area is 131 Å². The molecule has 0 aliphatic rings. The largest absolute Gasteiger partial charge is 0.394 e. The van der Waals surface area contributed by atoms with Crippen molar-refractivity contribution in [3.8, 4) is 0 Å². The first-order valence-electron chi connectivity index (χ1n) is 6.78. The number of aromatic nitrogens is 2. The highest BCUT2D eigenvalue weighted by Gasteiger charge is 2.10. The molecule has 3 rings (SSSR count). The highest BCUT2D eigenvalue weighted by molar-refractivity contribution is 9.10. The van der Waals surface area contributed by atoms with E-state index < -0.39 is 0 Å². The molecule has 0 aliphatic carbocycles. The Morgan fingerprint density at radius 2 is 2.05 bits per heavy atom. The van der Waals surface area contributed by atoms with Crippen molar-refractivity contribution in [2.75, 3.05) is 6.61 Å². The molecule has 0 radical (unpaired) electrons. The maximum absolute atomic E-state index is 9.54. The number of fused-ring (bicyclic) bond motifs is 1. The maximum Gasteiger partial charge on any atom is 0.138 e. The van der Waals surface area contributed by atoms with Crippen LogP contribution < -0.4 is 5.32 Å². The summed E-state index contributed by atoms with van der Waals surface area (Å²) in [6.45, 7) is 0.669. The molecule has 0 bridgehead atoms. The number of aliphatic hydroxyl groups is 1. The highest BCUT2D eigenvalue weighted by atomic mass is 79.9. The lowest BCUT2D eigenvalue weighted by atomic mass is 10.1. The van der Waals surface area contributed by atoms with Crippen LogP contribution in [0.3, 0.4) is 0 Å². The number of aliphatic hydroxyl groups excluding tert-OH is 1. The SMILES string of the molecule is OC[C@H](NCc1cn2ccc(Br)cc2n1)c1ccccc1. The van der Waals surface area contributed by atoms with Crippen molar-refractivity contribution >= 4 is 21.6 Å². The van der Waals surface area contributed by atoms with Crippen molar-refractivity contribution in [3.05, 3.63) is 70.6 Å². The first kappa shape index (κ1) is 14.3. The lowest BCUT2D eigenvalue weighted by Crippen LogP contribution is -2.24. The van der Waals surface area contributed by atoms with Crippen molar-refractivity contribution in [2.24, 2.45) is 0 Å². The standard InChI is InChI=1S/C16H16BrN3O/c17-13-6-7-20-10-14(19-16(20)8-13)9-18-15(11-21)12-4-2-1-3-5-12/h1-8,10,15,18,21H,9,11H2/t15-/m0/s1. The number of hydrogen-bond donors (Lipinski definition) is 2. The predicted octanol–water partition coefficient (Wildman–Crippen LogP) is 2.92. The van der Waals surface area contributed by atoms with Gasteiger partial charge in [-0.2, -0.15) is 0 Å². The molecule has 0 amide bonds. The van der Waals surface area contributed by atoms with Crippen molar-refractivity contribution in [3.63, 3.8) is 0 Å². The summed E-state index contributed by atoms with van der Waals surface area (Å²) >= 11 is 3.44. The van der Waals surface area contributed by atoms with E-state index in [4.69, 9.17) is 0 Å². The van der Waals surface area contributed by atoms with E-state index >= 15 is 0 Å². The van der Waals surface area contributed by atoms with Gasteiger partial charge in [-0.1, -0.05) is 46.3 Å². The number of hydrogen-bond acceptors (Lipinski definition) is 3. The van der Waals surface area contributed by atoms with Gasteiger partial charge in [0, 0.05) is 23.4 Å². The molecule has 0 saturated carbocycles. The number of halogens is 1. The third-order valence-corrected chi connectivity index (χ3v) is 3.88. The molecule has 5 heteroatoms. The molecule has 4 nitrogen and oxygen atoms in total. The van der Waals surface area contributed by atoms with E-state index in [9.17, 15) is 5.11 Å². The van der Waals surface area contributed by atoms with Gasteiger partial charge in [-0.15, -0.1) is 0 Å². The monoisotopic (exact) mass is 345 g/mol. The number of rotatable bonds is 5. The number of nitrogens with zero attached hydrogens (tertiary/aromatic N) is 2. The molecule has 2 heterocycles. The molecule has 1 aromatic carbocycles. The van der Waals surface area contributed by atoms with E-state index in [1.807, 2.05) is 59.3 Å². The molecular formula is C16H16BrN3O. The lowest BCUT2D eigenvalue weighted by molar-refractivity contribution is 0.243. The van der Waals surface area contributed by atoms with Gasteiger partial charge in [0.25, 0.3) is 0 Å². The fourth-order valence-corrected chi connectivity index (χ4v) is 2.62. The molecule has 2 aromatic heterocycles. The Morgan fingerprint density at radius 1 is 1.24 bits per heavy atom. The summed E-state index contributed by atoms with van der Waals surface area (Å²) in [5, 5.41) is 12.9. The number of nitrogens with one attached hydrogen (secondary N) is 1. The Morgan fingerprint density at radius 3 is 2.81 bits per heavy atom. The summed E-state index contributed by atoms with van der Waals surface area (Å²) in [5.74, 6) is 0. The van der Waals surface area contributed by atoms with Gasteiger partial charge in [-0.05, 0) is 17.7 Å². The number of imidazole rings is 1. The van der Waals surface area contributed by atoms with Crippen LogP contribution in [-0.4, -0.2) is 21.1 Å². The first-order valence-corrected chi connectivity index (χ1v) is 7.58. The summed E-state index contributed by atoms with van der Waals surface area (Å²) < 4.78 is 3.00. The van der Waals surface area contributed by atoms with Gasteiger partial charge in [0.05, 0.1) is 18.3 Å². The number of pyridine rings is 1. The molecule has 0 spiro atoms. The minimum atomic E-state index is -0.0808. The van der Waals surface area contributed by atoms with E-state index in [0.717, 1.165) is 21.4 Å². The van der Waals surface area contributed by atoms with Crippen LogP contribution in [0.2, 0.25) is 0 Å². The molecule has 0 fully saturated rings. The average molecular weight is 346 g/mol. The quantitative estimate of drug-likeness (QED) is 0.747. The zero-order valence-electron chi connectivity index (χ0n) is 11.4. The third-order valence-electron chi connectivity index (χ3n) is 3.39. The van der Waals surface area contributed by atoms with Crippen molar-refractivity contribution in [1.82, 2.24) is 14.7 Å². The molecule has 3 aromatic rings. The van der Waals surface area contributed by atoms with E-state index in [0.29, 0.717) is 6.54 Å². The van der Waals surface area contributed by atoms with Gasteiger partial charge in [0.2, 0.25) is 0 Å². The fraction of sp³-hybridized carbons (Fsp3) is 0.188. The summed E-state index contributed by atoms with van der Waals surface area (Å²) in [5.41, 5.74) is 2.93. The van der Waals surface area contributed by atoms with Crippen molar-refractivity contribution < 1.29 is 5.11 Å². The lowest BCUT2D eigenvalue weighted by Gasteiger charge is -2.15. The normalized spacial score (nSPS) is 12.7. The van der Waals surface area contributed by atoms with E-state index in [-0.39, 0.29) is 12.6 Å². The van der Waals surface area contributed by atoms with Gasteiger partial charge >= 0.3 is 0 Å². The second kappa shape index (κ2) is 6.39. The topological polar surface area (TPSA) is 49.6 Å². The van der Waals surface area contributed by atoms with Gasteiger partial charge in [-0.3, -0.25) is 0 Å². The molecule has 21 heavy (non-hydrogen) atoms. The molecule has 0 saturated heterocycles. The molecule has 108 valence electrons. The molecule has 0 aliphatic heterocycles. The van der Waals surface area contributed by atoms with Gasteiger partial charge in [-0.25, -0.2) is 4.98 Å². The van der Waals surface area contributed by atoms with E-state index in [1.165, 1.54) is 0 Å². The fourth-order valence-electron chi connectivity index (χ4n) is 2.30. The summed E-state index contributed by atoms with van der Waals surface area (Å²) in [6, 6.07) is 13.8. The zero-order valence-corrected chi connectivity index (χ0v) is 13.0. The highest BCUT2D eigenvalue weighted by Crippen LogP contribution is 2.15. The number of benzene rings is 1.